The summed E-state index contributed by atoms with van der Waals surface area (Å²) in [6, 6.07) is 5.61. The Hall–Kier alpha value is -3.59. The number of fused-ring (bicyclic) bond motifs is 2. The van der Waals surface area contributed by atoms with E-state index < -0.39 is 5.82 Å². The minimum Gasteiger partial charge on any atom is -0.369 e. The molecule has 1 spiro atoms. The molecule has 4 heterocycles. The molecule has 2 aliphatic rings. The number of hydrogen-bond donors (Lipinski definition) is 2. The molecule has 1 saturated carbocycles. The van der Waals surface area contributed by atoms with Gasteiger partial charge in [-0.05, 0) is 44.9 Å². The molecule has 1 amide bonds. The zero-order valence-electron chi connectivity index (χ0n) is 19.9. The van der Waals surface area contributed by atoms with Gasteiger partial charge in [-0.1, -0.05) is 6.92 Å². The number of carbonyl (C=O) groups excluding carboxylic acids is 1. The van der Waals surface area contributed by atoms with E-state index in [1.165, 1.54) is 18.9 Å². The molecule has 1 aliphatic heterocycles. The second-order valence-corrected chi connectivity index (χ2v) is 9.71. The van der Waals surface area contributed by atoms with E-state index in [0.717, 1.165) is 31.7 Å². The molecule has 8 nitrogen and oxygen atoms in total. The van der Waals surface area contributed by atoms with E-state index in [1.54, 1.807) is 42.2 Å². The standard InChI is InChI=1S/C26H28FN7O/c1-3-28-21-6-11-33(15-26(21)7-8-26)20-5-4-18(22-23(20)30-10-9-29-22)25(35)32-17-12-19(27)24-31-16(2)13-34(24)14-17/h4-5,9-10,12-14,21,28H,3,6-8,11,15H2,1-2H3,(H,32,35)/t21-/m0/s1. The van der Waals surface area contributed by atoms with Crippen LogP contribution >= 0.6 is 0 Å². The van der Waals surface area contributed by atoms with Crippen LogP contribution < -0.4 is 15.5 Å². The van der Waals surface area contributed by atoms with Crippen molar-refractivity contribution in [2.45, 2.75) is 39.2 Å². The van der Waals surface area contributed by atoms with Crippen LogP contribution in [-0.2, 0) is 0 Å². The van der Waals surface area contributed by atoms with Gasteiger partial charge in [0.05, 0.1) is 22.6 Å². The third kappa shape index (κ3) is 3.80. The Bertz CT molecular complexity index is 1440. The average molecular weight is 474 g/mol. The molecule has 0 bridgehead atoms. The number of carbonyl (C=O) groups is 1. The topological polar surface area (TPSA) is 87.5 Å². The number of amides is 1. The lowest BCUT2D eigenvalue weighted by Crippen LogP contribution is -2.51. The predicted octanol–water partition coefficient (Wildman–Crippen LogP) is 3.95. The lowest BCUT2D eigenvalue weighted by atomic mass is 9.88. The maximum atomic E-state index is 14.5. The number of benzene rings is 1. The van der Waals surface area contributed by atoms with Crippen molar-refractivity contribution in [3.63, 3.8) is 0 Å². The van der Waals surface area contributed by atoms with Gasteiger partial charge in [0.1, 0.15) is 11.0 Å². The van der Waals surface area contributed by atoms with Gasteiger partial charge in [0.15, 0.2) is 11.5 Å². The molecule has 1 aromatic carbocycles. The molecular weight excluding hydrogens is 445 g/mol. The first-order valence-electron chi connectivity index (χ1n) is 12.2. The highest BCUT2D eigenvalue weighted by molar-refractivity contribution is 6.13. The number of aryl methyl sites for hydroxylation is 1. The maximum absolute atomic E-state index is 14.5. The zero-order chi connectivity index (χ0) is 24.2. The Balaban J connectivity index is 1.31. The van der Waals surface area contributed by atoms with Crippen molar-refractivity contribution in [2.24, 2.45) is 5.41 Å². The number of rotatable bonds is 5. The first-order valence-corrected chi connectivity index (χ1v) is 12.2. The molecule has 2 fully saturated rings. The van der Waals surface area contributed by atoms with Crippen LogP contribution in [0.25, 0.3) is 16.7 Å². The Morgan fingerprint density at radius 1 is 1.20 bits per heavy atom. The summed E-state index contributed by atoms with van der Waals surface area (Å²) in [6.45, 7) is 6.86. The normalized spacial score (nSPS) is 18.9. The fraction of sp³-hybridized carbons (Fsp3) is 0.385. The van der Waals surface area contributed by atoms with Crippen molar-refractivity contribution in [1.29, 1.82) is 0 Å². The van der Waals surface area contributed by atoms with Gasteiger partial charge in [0.25, 0.3) is 5.91 Å². The summed E-state index contributed by atoms with van der Waals surface area (Å²) in [6.07, 6.45) is 10.2. The largest absolute Gasteiger partial charge is 0.369 e. The van der Waals surface area contributed by atoms with E-state index in [-0.39, 0.29) is 11.6 Å². The molecule has 9 heteroatoms. The Morgan fingerprint density at radius 2 is 2.00 bits per heavy atom. The van der Waals surface area contributed by atoms with Crippen LogP contribution in [0.1, 0.15) is 42.2 Å². The van der Waals surface area contributed by atoms with Crippen molar-refractivity contribution < 1.29 is 9.18 Å². The Morgan fingerprint density at radius 3 is 2.77 bits per heavy atom. The summed E-state index contributed by atoms with van der Waals surface area (Å²) < 4.78 is 16.1. The van der Waals surface area contributed by atoms with Crippen molar-refractivity contribution >= 4 is 34.0 Å². The highest BCUT2D eigenvalue weighted by Gasteiger charge is 2.52. The summed E-state index contributed by atoms with van der Waals surface area (Å²) in [5.41, 5.74) is 4.27. The molecule has 3 aromatic heterocycles. The number of imidazole rings is 1. The number of halogens is 1. The number of nitrogens with zero attached hydrogens (tertiary/aromatic N) is 5. The van der Waals surface area contributed by atoms with Gasteiger partial charge < -0.3 is 19.9 Å². The molecule has 6 rings (SSSR count). The first kappa shape index (κ1) is 21.9. The molecule has 1 saturated heterocycles. The van der Waals surface area contributed by atoms with Crippen LogP contribution in [0.5, 0.6) is 0 Å². The molecular formula is C26H28FN7O. The summed E-state index contributed by atoms with van der Waals surface area (Å²) in [5, 5.41) is 6.49. The summed E-state index contributed by atoms with van der Waals surface area (Å²) in [4.78, 5) is 28.9. The van der Waals surface area contributed by atoms with E-state index >= 15 is 0 Å². The van der Waals surface area contributed by atoms with Crippen LogP contribution in [-0.4, -0.2) is 50.9 Å². The van der Waals surface area contributed by atoms with Crippen LogP contribution in [0.4, 0.5) is 15.8 Å². The lowest BCUT2D eigenvalue weighted by Gasteiger charge is -2.41. The number of piperidine rings is 1. The SMILES string of the molecule is CCN[C@H]1CCN(c2ccc(C(=O)Nc3cc(F)c4nc(C)cn4c3)c3nccnc23)CC12CC2. The second-order valence-electron chi connectivity index (χ2n) is 9.71. The van der Waals surface area contributed by atoms with Crippen molar-refractivity contribution in [1.82, 2.24) is 24.7 Å². The molecule has 1 atom stereocenters. The van der Waals surface area contributed by atoms with Gasteiger partial charge in [0.2, 0.25) is 0 Å². The number of nitrogens with one attached hydrogen (secondary N) is 2. The minimum atomic E-state index is -0.495. The lowest BCUT2D eigenvalue weighted by molar-refractivity contribution is 0.102. The smallest absolute Gasteiger partial charge is 0.257 e. The predicted molar refractivity (Wildman–Crippen MR) is 133 cm³/mol. The molecule has 35 heavy (non-hydrogen) atoms. The van der Waals surface area contributed by atoms with Crippen molar-refractivity contribution in [3.05, 3.63) is 60.1 Å². The average Bonchev–Trinajstić information content (AvgIpc) is 3.50. The van der Waals surface area contributed by atoms with Gasteiger partial charge in [0, 0.05) is 55.4 Å². The van der Waals surface area contributed by atoms with Gasteiger partial charge in [-0.3, -0.25) is 14.8 Å². The van der Waals surface area contributed by atoms with E-state index in [2.05, 4.69) is 37.4 Å². The van der Waals surface area contributed by atoms with Crippen LogP contribution in [0.3, 0.4) is 0 Å². The van der Waals surface area contributed by atoms with E-state index in [1.807, 2.05) is 6.07 Å². The molecule has 4 aromatic rings. The highest BCUT2D eigenvalue weighted by atomic mass is 19.1. The van der Waals surface area contributed by atoms with Crippen LogP contribution in [0.15, 0.2) is 43.0 Å². The van der Waals surface area contributed by atoms with E-state index in [9.17, 15) is 9.18 Å². The summed E-state index contributed by atoms with van der Waals surface area (Å²) in [5.74, 6) is -0.854. The Kier molecular flexibility index (Phi) is 5.17. The minimum absolute atomic E-state index is 0.229. The fourth-order valence-corrected chi connectivity index (χ4v) is 5.53. The first-order chi connectivity index (χ1) is 17.0. The second kappa shape index (κ2) is 8.27. The van der Waals surface area contributed by atoms with Crippen molar-refractivity contribution in [2.75, 3.05) is 29.9 Å². The molecule has 1 aliphatic carbocycles. The van der Waals surface area contributed by atoms with Gasteiger partial charge in [-0.15, -0.1) is 0 Å². The number of hydrogen-bond acceptors (Lipinski definition) is 6. The third-order valence-electron chi connectivity index (χ3n) is 7.35. The van der Waals surface area contributed by atoms with Crippen molar-refractivity contribution in [3.8, 4) is 0 Å². The summed E-state index contributed by atoms with van der Waals surface area (Å²) >= 11 is 0. The maximum Gasteiger partial charge on any atom is 0.257 e. The van der Waals surface area contributed by atoms with E-state index in [0.29, 0.717) is 39.4 Å². The molecule has 0 radical (unpaired) electrons. The van der Waals surface area contributed by atoms with E-state index in [4.69, 9.17) is 0 Å². The highest BCUT2D eigenvalue weighted by Crippen LogP contribution is 2.53. The number of anilines is 2. The third-order valence-corrected chi connectivity index (χ3v) is 7.35. The monoisotopic (exact) mass is 473 g/mol. The molecule has 0 unspecified atom stereocenters. The zero-order valence-corrected chi connectivity index (χ0v) is 19.9. The quantitative estimate of drug-likeness (QED) is 0.457. The van der Waals surface area contributed by atoms with Gasteiger partial charge in [-0.25, -0.2) is 9.37 Å². The van der Waals surface area contributed by atoms with Gasteiger partial charge in [-0.2, -0.15) is 0 Å². The molecule has 2 N–H and O–H groups in total. The van der Waals surface area contributed by atoms with Gasteiger partial charge >= 0.3 is 0 Å². The number of aromatic nitrogens is 4. The van der Waals surface area contributed by atoms with Crippen LogP contribution in [0.2, 0.25) is 0 Å². The van der Waals surface area contributed by atoms with Crippen LogP contribution in [0, 0.1) is 18.2 Å². The Labute approximate surface area is 202 Å². The molecule has 180 valence electrons. The fourth-order valence-electron chi connectivity index (χ4n) is 5.53. The number of pyridine rings is 1. The summed E-state index contributed by atoms with van der Waals surface area (Å²) in [7, 11) is 0.